The van der Waals surface area contributed by atoms with Crippen LogP contribution in [0, 0.1) is 11.7 Å². The van der Waals surface area contributed by atoms with Gasteiger partial charge in [0.25, 0.3) is 0 Å². The van der Waals surface area contributed by atoms with Gasteiger partial charge in [0, 0.05) is 32.2 Å². The van der Waals surface area contributed by atoms with Gasteiger partial charge in [-0.1, -0.05) is 18.9 Å². The SMILES string of the molecule is Cl.Cl.Fc1cc([C@@H](CC2CC2)N2CCNCC2)ccc1Br. The van der Waals surface area contributed by atoms with Gasteiger partial charge in [-0.2, -0.15) is 0 Å². The Morgan fingerprint density at radius 2 is 1.90 bits per heavy atom. The summed E-state index contributed by atoms with van der Waals surface area (Å²) in [6, 6.07) is 6.01. The zero-order valence-electron chi connectivity index (χ0n) is 11.9. The van der Waals surface area contributed by atoms with Gasteiger partial charge >= 0.3 is 0 Å². The maximum absolute atomic E-state index is 13.8. The summed E-state index contributed by atoms with van der Waals surface area (Å²) in [5.74, 6) is 0.708. The summed E-state index contributed by atoms with van der Waals surface area (Å²) >= 11 is 3.24. The molecule has 2 fully saturated rings. The van der Waals surface area contributed by atoms with Crippen molar-refractivity contribution in [2.45, 2.75) is 25.3 Å². The van der Waals surface area contributed by atoms with Gasteiger partial charge in [-0.15, -0.1) is 24.8 Å². The highest BCUT2D eigenvalue weighted by molar-refractivity contribution is 9.10. The van der Waals surface area contributed by atoms with Gasteiger partial charge < -0.3 is 5.32 Å². The Labute approximate surface area is 146 Å². The molecule has 0 unspecified atom stereocenters. The highest BCUT2D eigenvalue weighted by Gasteiger charge is 2.30. The molecule has 1 aliphatic heterocycles. The third-order valence-corrected chi connectivity index (χ3v) is 4.82. The quantitative estimate of drug-likeness (QED) is 0.816. The summed E-state index contributed by atoms with van der Waals surface area (Å²) in [7, 11) is 0. The van der Waals surface area contributed by atoms with Crippen molar-refractivity contribution >= 4 is 40.7 Å². The lowest BCUT2D eigenvalue weighted by Gasteiger charge is -2.35. The summed E-state index contributed by atoms with van der Waals surface area (Å²) in [5.41, 5.74) is 1.13. The lowest BCUT2D eigenvalue weighted by atomic mass is 9.98. The molecule has 21 heavy (non-hydrogen) atoms. The van der Waals surface area contributed by atoms with Crippen molar-refractivity contribution in [2.75, 3.05) is 26.2 Å². The molecule has 0 radical (unpaired) electrons. The largest absolute Gasteiger partial charge is 0.314 e. The number of piperazine rings is 1. The Kier molecular flexibility index (Phi) is 7.93. The minimum Gasteiger partial charge on any atom is -0.314 e. The first-order valence-electron chi connectivity index (χ1n) is 7.14. The Hall–Kier alpha value is 0.130. The van der Waals surface area contributed by atoms with Gasteiger partial charge in [0.05, 0.1) is 4.47 Å². The molecule has 1 atom stereocenters. The molecule has 3 rings (SSSR count). The number of nitrogens with one attached hydrogen (secondary N) is 1. The second-order valence-electron chi connectivity index (χ2n) is 5.65. The number of benzene rings is 1. The monoisotopic (exact) mass is 398 g/mol. The van der Waals surface area contributed by atoms with Gasteiger partial charge in [0.2, 0.25) is 0 Å². The van der Waals surface area contributed by atoms with Crippen molar-refractivity contribution in [3.63, 3.8) is 0 Å². The van der Waals surface area contributed by atoms with Crippen LogP contribution in [0.15, 0.2) is 22.7 Å². The van der Waals surface area contributed by atoms with Crippen LogP contribution >= 0.6 is 40.7 Å². The normalized spacial score (nSPS) is 20.3. The zero-order valence-corrected chi connectivity index (χ0v) is 15.1. The highest BCUT2D eigenvalue weighted by Crippen LogP contribution is 2.40. The molecule has 1 heterocycles. The fourth-order valence-corrected chi connectivity index (χ4v) is 3.13. The van der Waals surface area contributed by atoms with Crippen LogP contribution in [0.1, 0.15) is 30.9 Å². The van der Waals surface area contributed by atoms with E-state index < -0.39 is 0 Å². The maximum atomic E-state index is 13.8. The van der Waals surface area contributed by atoms with Crippen LogP contribution in [0.2, 0.25) is 0 Å². The van der Waals surface area contributed by atoms with E-state index in [1.54, 1.807) is 6.07 Å². The summed E-state index contributed by atoms with van der Waals surface area (Å²) in [4.78, 5) is 2.51. The maximum Gasteiger partial charge on any atom is 0.137 e. The standard InChI is InChI=1S/C15H20BrFN2.2ClH/c16-13-4-3-12(10-14(13)17)15(9-11-1-2-11)19-7-5-18-6-8-19;;/h3-4,10-11,15,18H,1-2,5-9H2;2*1H/t15-;;/m1../s1. The summed E-state index contributed by atoms with van der Waals surface area (Å²) in [6.07, 6.45) is 3.88. The predicted octanol–water partition coefficient (Wildman–Crippen LogP) is 4.18. The first-order valence-corrected chi connectivity index (χ1v) is 7.93. The van der Waals surface area contributed by atoms with Crippen LogP contribution in [0.3, 0.4) is 0 Å². The van der Waals surface area contributed by atoms with Crippen molar-refractivity contribution < 1.29 is 4.39 Å². The topological polar surface area (TPSA) is 15.3 Å². The van der Waals surface area contributed by atoms with Crippen LogP contribution in [0.25, 0.3) is 0 Å². The van der Waals surface area contributed by atoms with E-state index in [4.69, 9.17) is 0 Å². The van der Waals surface area contributed by atoms with E-state index >= 15 is 0 Å². The highest BCUT2D eigenvalue weighted by atomic mass is 79.9. The molecule has 0 amide bonds. The van der Waals surface area contributed by atoms with Crippen LogP contribution in [0.5, 0.6) is 0 Å². The van der Waals surface area contributed by atoms with E-state index in [9.17, 15) is 4.39 Å². The molecule has 120 valence electrons. The summed E-state index contributed by atoms with van der Waals surface area (Å²) in [5, 5.41) is 3.39. The molecule has 0 aromatic heterocycles. The molecule has 1 saturated carbocycles. The van der Waals surface area contributed by atoms with Crippen LogP contribution in [-0.2, 0) is 0 Å². The van der Waals surface area contributed by atoms with E-state index in [-0.39, 0.29) is 30.6 Å². The molecule has 2 nitrogen and oxygen atoms in total. The number of halogens is 4. The number of hydrogen-bond donors (Lipinski definition) is 1. The van der Waals surface area contributed by atoms with Crippen LogP contribution < -0.4 is 5.32 Å². The fourth-order valence-electron chi connectivity index (χ4n) is 2.88. The van der Waals surface area contributed by atoms with Crippen molar-refractivity contribution in [1.29, 1.82) is 0 Å². The first kappa shape index (κ1) is 19.2. The smallest absolute Gasteiger partial charge is 0.137 e. The molecule has 1 N–H and O–H groups in total. The van der Waals surface area contributed by atoms with Crippen LogP contribution in [-0.4, -0.2) is 31.1 Å². The van der Waals surface area contributed by atoms with Gasteiger partial charge in [0.15, 0.2) is 0 Å². The Morgan fingerprint density at radius 1 is 1.24 bits per heavy atom. The second-order valence-corrected chi connectivity index (χ2v) is 6.51. The van der Waals surface area contributed by atoms with Gasteiger partial charge in [-0.05, 0) is 46.0 Å². The summed E-state index contributed by atoms with van der Waals surface area (Å²) in [6.45, 7) is 4.21. The van der Waals surface area contributed by atoms with Crippen molar-refractivity contribution in [1.82, 2.24) is 10.2 Å². The van der Waals surface area contributed by atoms with E-state index in [0.717, 1.165) is 37.7 Å². The van der Waals surface area contributed by atoms with E-state index in [2.05, 4.69) is 32.2 Å². The van der Waals surface area contributed by atoms with E-state index in [0.29, 0.717) is 10.5 Å². The molecular formula is C15H22BrCl2FN2. The van der Waals surface area contributed by atoms with Gasteiger partial charge in [-0.25, -0.2) is 4.39 Å². The Morgan fingerprint density at radius 3 is 2.48 bits per heavy atom. The average molecular weight is 400 g/mol. The third kappa shape index (κ3) is 5.07. The Bertz CT molecular complexity index is 451. The molecule has 6 heteroatoms. The minimum absolute atomic E-state index is 0. The number of nitrogens with zero attached hydrogens (tertiary/aromatic N) is 1. The van der Waals surface area contributed by atoms with Crippen molar-refractivity contribution in [3.05, 3.63) is 34.1 Å². The summed E-state index contributed by atoms with van der Waals surface area (Å²) < 4.78 is 14.3. The zero-order chi connectivity index (χ0) is 13.2. The molecule has 1 aromatic rings. The third-order valence-electron chi connectivity index (χ3n) is 4.17. The number of hydrogen-bond acceptors (Lipinski definition) is 2. The average Bonchev–Trinajstić information content (AvgIpc) is 3.24. The fraction of sp³-hybridized carbons (Fsp3) is 0.600. The second kappa shape index (κ2) is 8.68. The molecule has 0 spiro atoms. The lowest BCUT2D eigenvalue weighted by molar-refractivity contribution is 0.160. The van der Waals surface area contributed by atoms with E-state index in [1.165, 1.54) is 19.3 Å². The molecular weight excluding hydrogens is 378 g/mol. The van der Waals surface area contributed by atoms with E-state index in [1.807, 2.05) is 6.07 Å². The molecule has 1 saturated heterocycles. The first-order chi connectivity index (χ1) is 9.24. The minimum atomic E-state index is -0.145. The molecule has 2 aliphatic rings. The Balaban J connectivity index is 0.00000110. The van der Waals surface area contributed by atoms with Crippen molar-refractivity contribution in [2.24, 2.45) is 5.92 Å². The van der Waals surface area contributed by atoms with Gasteiger partial charge in [-0.3, -0.25) is 4.90 Å². The van der Waals surface area contributed by atoms with Crippen LogP contribution in [0.4, 0.5) is 4.39 Å². The molecule has 1 aromatic carbocycles. The lowest BCUT2D eigenvalue weighted by Crippen LogP contribution is -2.45. The predicted molar refractivity (Wildman–Crippen MR) is 93.1 cm³/mol. The van der Waals surface area contributed by atoms with Crippen molar-refractivity contribution in [3.8, 4) is 0 Å². The number of rotatable bonds is 4. The molecule has 1 aliphatic carbocycles. The van der Waals surface area contributed by atoms with Gasteiger partial charge in [0.1, 0.15) is 5.82 Å². The molecule has 0 bridgehead atoms.